The second kappa shape index (κ2) is 8.69. The van der Waals surface area contributed by atoms with Gasteiger partial charge < -0.3 is 9.64 Å². The van der Waals surface area contributed by atoms with Crippen LogP contribution in [0.1, 0.15) is 20.8 Å². The Hall–Kier alpha value is -2.16. The summed E-state index contributed by atoms with van der Waals surface area (Å²) in [7, 11) is -3.59. The van der Waals surface area contributed by atoms with Crippen LogP contribution in [-0.4, -0.2) is 69.2 Å². The number of carbonyl (C=O) groups is 1. The number of nitrogens with one attached hydrogen (secondary N) is 1. The van der Waals surface area contributed by atoms with Gasteiger partial charge in [-0.25, -0.2) is 17.9 Å². The number of amides is 1. The van der Waals surface area contributed by atoms with E-state index >= 15 is 0 Å². The third-order valence-corrected chi connectivity index (χ3v) is 6.30. The van der Waals surface area contributed by atoms with Gasteiger partial charge >= 0.3 is 6.09 Å². The van der Waals surface area contributed by atoms with Gasteiger partial charge in [-0.15, -0.1) is 0 Å². The van der Waals surface area contributed by atoms with E-state index in [1.165, 1.54) is 0 Å². The van der Waals surface area contributed by atoms with E-state index in [-0.39, 0.29) is 6.09 Å². The molecule has 2 aromatic carbocycles. The molecule has 0 saturated carbocycles. The zero-order valence-electron chi connectivity index (χ0n) is 17.2. The van der Waals surface area contributed by atoms with E-state index in [0.717, 1.165) is 5.39 Å². The zero-order chi connectivity index (χ0) is 21.1. The van der Waals surface area contributed by atoms with Crippen molar-refractivity contribution in [3.05, 3.63) is 42.5 Å². The molecule has 0 aliphatic carbocycles. The normalized spacial score (nSPS) is 16.2. The Balaban J connectivity index is 1.51. The summed E-state index contributed by atoms with van der Waals surface area (Å²) >= 11 is 0. The predicted molar refractivity (Wildman–Crippen MR) is 113 cm³/mol. The monoisotopic (exact) mass is 419 g/mol. The second-order valence-electron chi connectivity index (χ2n) is 8.18. The summed E-state index contributed by atoms with van der Waals surface area (Å²) in [6, 6.07) is 12.7. The highest BCUT2D eigenvalue weighted by molar-refractivity contribution is 7.89. The van der Waals surface area contributed by atoms with Crippen molar-refractivity contribution in [3.63, 3.8) is 0 Å². The lowest BCUT2D eigenvalue weighted by Crippen LogP contribution is -2.51. The summed E-state index contributed by atoms with van der Waals surface area (Å²) in [5.41, 5.74) is -0.506. The molecule has 0 aromatic heterocycles. The quantitative estimate of drug-likeness (QED) is 0.806. The predicted octanol–water partition coefficient (Wildman–Crippen LogP) is 2.67. The van der Waals surface area contributed by atoms with Gasteiger partial charge in [0.1, 0.15) is 5.60 Å². The van der Waals surface area contributed by atoms with E-state index in [4.69, 9.17) is 4.74 Å². The maximum atomic E-state index is 12.8. The molecule has 158 valence electrons. The van der Waals surface area contributed by atoms with Crippen molar-refractivity contribution in [2.24, 2.45) is 0 Å². The molecule has 0 bridgehead atoms. The Labute approximate surface area is 172 Å². The Morgan fingerprint density at radius 2 is 1.69 bits per heavy atom. The van der Waals surface area contributed by atoms with E-state index in [1.54, 1.807) is 17.0 Å². The van der Waals surface area contributed by atoms with Gasteiger partial charge in [-0.1, -0.05) is 36.4 Å². The van der Waals surface area contributed by atoms with Crippen LogP contribution in [0.5, 0.6) is 0 Å². The lowest BCUT2D eigenvalue weighted by Gasteiger charge is -2.35. The van der Waals surface area contributed by atoms with Gasteiger partial charge in [0.2, 0.25) is 10.0 Å². The topological polar surface area (TPSA) is 79.0 Å². The molecule has 29 heavy (non-hydrogen) atoms. The number of benzene rings is 2. The van der Waals surface area contributed by atoms with Crippen LogP contribution in [0.4, 0.5) is 4.79 Å². The third-order valence-electron chi connectivity index (χ3n) is 4.78. The van der Waals surface area contributed by atoms with E-state index in [2.05, 4.69) is 9.62 Å². The summed E-state index contributed by atoms with van der Waals surface area (Å²) < 4.78 is 33.6. The highest BCUT2D eigenvalue weighted by Crippen LogP contribution is 2.22. The van der Waals surface area contributed by atoms with Crippen LogP contribution in [0.25, 0.3) is 10.8 Å². The standard InChI is InChI=1S/C21H29N3O4S/c1-21(2,3)28-20(25)24-15-13-23(14-16-24)12-11-22-29(26,27)19-10-6-8-17-7-4-5-9-18(17)19/h4-10,22H,11-16H2,1-3H3. The number of hydrogen-bond donors (Lipinski definition) is 1. The van der Waals surface area contributed by atoms with Crippen molar-refractivity contribution < 1.29 is 17.9 Å². The van der Waals surface area contributed by atoms with Crippen molar-refractivity contribution in [3.8, 4) is 0 Å². The van der Waals surface area contributed by atoms with Gasteiger partial charge in [0.05, 0.1) is 4.90 Å². The molecule has 1 aliphatic rings. The van der Waals surface area contributed by atoms with Crippen molar-refractivity contribution in [1.29, 1.82) is 0 Å². The number of fused-ring (bicyclic) bond motifs is 1. The molecule has 7 nitrogen and oxygen atoms in total. The largest absolute Gasteiger partial charge is 0.444 e. The molecule has 1 N–H and O–H groups in total. The Morgan fingerprint density at radius 1 is 1.03 bits per heavy atom. The zero-order valence-corrected chi connectivity index (χ0v) is 18.0. The number of nitrogens with zero attached hydrogens (tertiary/aromatic N) is 2. The first-order valence-corrected chi connectivity index (χ1v) is 11.3. The molecule has 0 atom stereocenters. The van der Waals surface area contributed by atoms with Crippen LogP contribution in [0, 0.1) is 0 Å². The first-order valence-electron chi connectivity index (χ1n) is 9.83. The molecule has 2 aromatic rings. The minimum absolute atomic E-state index is 0.297. The van der Waals surface area contributed by atoms with Gasteiger partial charge in [-0.05, 0) is 32.2 Å². The van der Waals surface area contributed by atoms with Gasteiger partial charge in [0.25, 0.3) is 0 Å². The molecule has 1 saturated heterocycles. The Morgan fingerprint density at radius 3 is 2.38 bits per heavy atom. The molecule has 0 radical (unpaired) electrons. The summed E-state index contributed by atoms with van der Waals surface area (Å²) in [5.74, 6) is 0. The Bertz CT molecular complexity index is 956. The molecule has 1 fully saturated rings. The van der Waals surface area contributed by atoms with Crippen LogP contribution in [0.15, 0.2) is 47.4 Å². The van der Waals surface area contributed by atoms with Crippen LogP contribution in [-0.2, 0) is 14.8 Å². The van der Waals surface area contributed by atoms with Gasteiger partial charge in [-0.3, -0.25) is 4.90 Å². The molecular formula is C21H29N3O4S. The first-order chi connectivity index (χ1) is 13.7. The molecule has 8 heteroatoms. The van der Waals surface area contributed by atoms with E-state index in [9.17, 15) is 13.2 Å². The molecule has 1 aliphatic heterocycles. The van der Waals surface area contributed by atoms with Crippen molar-refractivity contribution >= 4 is 26.9 Å². The fraction of sp³-hybridized carbons (Fsp3) is 0.476. The number of carbonyl (C=O) groups excluding carboxylic acids is 1. The van der Waals surface area contributed by atoms with Crippen LogP contribution < -0.4 is 4.72 Å². The van der Waals surface area contributed by atoms with Gasteiger partial charge in [-0.2, -0.15) is 0 Å². The molecular weight excluding hydrogens is 390 g/mol. The number of hydrogen-bond acceptors (Lipinski definition) is 5. The van der Waals surface area contributed by atoms with Crippen molar-refractivity contribution in [2.75, 3.05) is 39.3 Å². The second-order valence-corrected chi connectivity index (χ2v) is 9.92. The maximum Gasteiger partial charge on any atom is 0.410 e. The summed E-state index contributed by atoms with van der Waals surface area (Å²) in [5, 5.41) is 1.61. The first kappa shape index (κ1) is 21.5. The van der Waals surface area contributed by atoms with E-state index in [1.807, 2.05) is 51.1 Å². The summed E-state index contributed by atoms with van der Waals surface area (Å²) in [6.07, 6.45) is -0.297. The Kier molecular flexibility index (Phi) is 6.45. The lowest BCUT2D eigenvalue weighted by atomic mass is 10.1. The van der Waals surface area contributed by atoms with Crippen LogP contribution in [0.3, 0.4) is 0 Å². The third kappa shape index (κ3) is 5.68. The molecule has 3 rings (SSSR count). The fourth-order valence-electron chi connectivity index (χ4n) is 3.33. The van der Waals surface area contributed by atoms with Crippen LogP contribution >= 0.6 is 0 Å². The number of piperazine rings is 1. The number of rotatable bonds is 5. The molecule has 1 heterocycles. The average molecular weight is 420 g/mol. The molecule has 0 unspecified atom stereocenters. The van der Waals surface area contributed by atoms with Gasteiger partial charge in [0, 0.05) is 44.7 Å². The van der Waals surface area contributed by atoms with Crippen molar-refractivity contribution in [2.45, 2.75) is 31.3 Å². The van der Waals surface area contributed by atoms with Gasteiger partial charge in [0.15, 0.2) is 0 Å². The van der Waals surface area contributed by atoms with Crippen LogP contribution in [0.2, 0.25) is 0 Å². The minimum atomic E-state index is -3.59. The molecule has 1 amide bonds. The van der Waals surface area contributed by atoms with E-state index < -0.39 is 15.6 Å². The average Bonchev–Trinajstić information content (AvgIpc) is 2.66. The highest BCUT2D eigenvalue weighted by atomic mass is 32.2. The molecule has 0 spiro atoms. The maximum absolute atomic E-state index is 12.8. The number of ether oxygens (including phenoxy) is 1. The fourth-order valence-corrected chi connectivity index (χ4v) is 4.58. The summed E-state index contributed by atoms with van der Waals surface area (Å²) in [4.78, 5) is 16.3. The minimum Gasteiger partial charge on any atom is -0.444 e. The highest BCUT2D eigenvalue weighted by Gasteiger charge is 2.26. The smallest absolute Gasteiger partial charge is 0.410 e. The van der Waals surface area contributed by atoms with Crippen molar-refractivity contribution in [1.82, 2.24) is 14.5 Å². The lowest BCUT2D eigenvalue weighted by molar-refractivity contribution is 0.0147. The van der Waals surface area contributed by atoms with E-state index in [0.29, 0.717) is 49.6 Å². The summed E-state index contributed by atoms with van der Waals surface area (Å²) in [6.45, 7) is 8.99. The number of sulfonamides is 1. The SMILES string of the molecule is CC(C)(C)OC(=O)N1CCN(CCNS(=O)(=O)c2cccc3ccccc23)CC1.